The Balaban J connectivity index is 3.22. The smallest absolute Gasteiger partial charge is 0.318 e. The van der Waals surface area contributed by atoms with Crippen LogP contribution in [0.5, 0.6) is 0 Å². The number of nitrogens with zero attached hydrogens (tertiary/aromatic N) is 1. The van der Waals surface area contributed by atoms with Crippen LogP contribution in [0.2, 0.25) is 0 Å². The van der Waals surface area contributed by atoms with Crippen molar-refractivity contribution in [3.8, 4) is 12.3 Å². The molecule has 0 amide bonds. The lowest BCUT2D eigenvalue weighted by atomic mass is 10.3. The minimum atomic E-state index is -4.15. The van der Waals surface area contributed by atoms with Gasteiger partial charge in [0, 0.05) is 0 Å². The molecule has 8 heteroatoms. The highest BCUT2D eigenvalue weighted by molar-refractivity contribution is 9.10. The number of aliphatic carboxylic acids is 1. The predicted molar refractivity (Wildman–Crippen MR) is 69.3 cm³/mol. The van der Waals surface area contributed by atoms with E-state index in [0.29, 0.717) is 4.31 Å². The summed E-state index contributed by atoms with van der Waals surface area (Å²) in [5, 5.41) is 8.66. The van der Waals surface area contributed by atoms with Gasteiger partial charge in [0.05, 0.1) is 15.9 Å². The molecule has 0 atom stereocenters. The van der Waals surface area contributed by atoms with E-state index >= 15 is 0 Å². The largest absolute Gasteiger partial charge is 0.480 e. The number of terminal acetylenes is 1. The topological polar surface area (TPSA) is 74.7 Å². The molecule has 0 radical (unpaired) electrons. The molecule has 1 aromatic carbocycles. The van der Waals surface area contributed by atoms with E-state index in [4.69, 9.17) is 11.5 Å². The van der Waals surface area contributed by atoms with E-state index in [9.17, 15) is 17.6 Å². The van der Waals surface area contributed by atoms with Crippen LogP contribution >= 0.6 is 15.9 Å². The fourth-order valence-electron chi connectivity index (χ4n) is 1.26. The molecule has 0 saturated heterocycles. The summed E-state index contributed by atoms with van der Waals surface area (Å²) in [5.74, 6) is -0.0617. The molecule has 0 heterocycles. The van der Waals surface area contributed by atoms with E-state index in [2.05, 4.69) is 21.9 Å². The van der Waals surface area contributed by atoms with E-state index in [1.54, 1.807) is 0 Å². The highest BCUT2D eigenvalue weighted by Gasteiger charge is 2.26. The number of carbonyl (C=O) groups is 1. The number of benzene rings is 1. The SMILES string of the molecule is C#CCN(CC(=O)O)S(=O)(=O)c1ccc(Br)c(F)c1. The van der Waals surface area contributed by atoms with E-state index in [-0.39, 0.29) is 9.37 Å². The maximum absolute atomic E-state index is 13.3. The van der Waals surface area contributed by atoms with Gasteiger partial charge in [0.2, 0.25) is 10.0 Å². The summed E-state index contributed by atoms with van der Waals surface area (Å²) >= 11 is 2.89. The van der Waals surface area contributed by atoms with Gasteiger partial charge in [-0.15, -0.1) is 6.42 Å². The number of halogens is 2. The first-order chi connectivity index (χ1) is 8.78. The molecule has 0 aliphatic rings. The highest BCUT2D eigenvalue weighted by Crippen LogP contribution is 2.21. The first-order valence-electron chi connectivity index (χ1n) is 4.89. The van der Waals surface area contributed by atoms with Gasteiger partial charge in [-0.3, -0.25) is 4.79 Å². The Morgan fingerprint density at radius 2 is 2.16 bits per heavy atom. The zero-order valence-electron chi connectivity index (χ0n) is 9.51. The first-order valence-corrected chi connectivity index (χ1v) is 7.13. The summed E-state index contributed by atoms with van der Waals surface area (Å²) in [7, 11) is -4.15. The van der Waals surface area contributed by atoms with Crippen molar-refractivity contribution in [2.24, 2.45) is 0 Å². The summed E-state index contributed by atoms with van der Waals surface area (Å²) in [4.78, 5) is 10.3. The van der Waals surface area contributed by atoms with Gasteiger partial charge >= 0.3 is 5.97 Å². The first kappa shape index (κ1) is 15.6. The van der Waals surface area contributed by atoms with Crippen molar-refractivity contribution in [3.63, 3.8) is 0 Å². The molecule has 0 aliphatic heterocycles. The maximum atomic E-state index is 13.3. The third kappa shape index (κ3) is 3.76. The zero-order chi connectivity index (χ0) is 14.6. The number of sulfonamides is 1. The van der Waals surface area contributed by atoms with Crippen molar-refractivity contribution in [1.82, 2.24) is 4.31 Å². The van der Waals surface area contributed by atoms with Gasteiger partial charge in [0.1, 0.15) is 12.4 Å². The molecule has 0 saturated carbocycles. The van der Waals surface area contributed by atoms with Gasteiger partial charge in [-0.05, 0) is 34.1 Å². The molecule has 19 heavy (non-hydrogen) atoms. The fourth-order valence-corrected chi connectivity index (χ4v) is 2.83. The van der Waals surface area contributed by atoms with Crippen molar-refractivity contribution < 1.29 is 22.7 Å². The fraction of sp³-hybridized carbons (Fsp3) is 0.182. The summed E-state index contributed by atoms with van der Waals surface area (Å²) in [6.07, 6.45) is 5.00. The molecule has 0 unspecified atom stereocenters. The minimum absolute atomic E-state index is 0.105. The number of hydrogen-bond acceptors (Lipinski definition) is 3. The van der Waals surface area contributed by atoms with E-state index < -0.39 is 34.9 Å². The number of carboxylic acids is 1. The second-order valence-corrected chi connectivity index (χ2v) is 6.24. The van der Waals surface area contributed by atoms with Gasteiger partial charge in [0.25, 0.3) is 0 Å². The standard InChI is InChI=1S/C11H9BrFNO4S/c1-2-5-14(7-11(15)16)19(17,18)8-3-4-9(12)10(13)6-8/h1,3-4,6H,5,7H2,(H,15,16). The number of carboxylic acid groups (broad SMARTS) is 1. The third-order valence-electron chi connectivity index (χ3n) is 2.11. The van der Waals surface area contributed by atoms with Gasteiger partial charge in [-0.25, -0.2) is 12.8 Å². The van der Waals surface area contributed by atoms with Crippen LogP contribution in [0.25, 0.3) is 0 Å². The molecule has 0 spiro atoms. The molecule has 0 bridgehead atoms. The molecule has 1 aromatic rings. The van der Waals surface area contributed by atoms with Crippen LogP contribution in [0.1, 0.15) is 0 Å². The van der Waals surface area contributed by atoms with Gasteiger partial charge in [-0.1, -0.05) is 5.92 Å². The molecule has 0 fully saturated rings. The van der Waals surface area contributed by atoms with Crippen LogP contribution in [0.3, 0.4) is 0 Å². The molecule has 1 N–H and O–H groups in total. The summed E-state index contributed by atoms with van der Waals surface area (Å²) in [5.41, 5.74) is 0. The Hall–Kier alpha value is -1.43. The third-order valence-corrected chi connectivity index (χ3v) is 4.54. The monoisotopic (exact) mass is 349 g/mol. The maximum Gasteiger partial charge on any atom is 0.318 e. The lowest BCUT2D eigenvalue weighted by Crippen LogP contribution is -2.36. The van der Waals surface area contributed by atoms with Crippen molar-refractivity contribution >= 4 is 31.9 Å². The van der Waals surface area contributed by atoms with E-state index in [1.807, 2.05) is 0 Å². The van der Waals surface area contributed by atoms with Crippen LogP contribution < -0.4 is 0 Å². The zero-order valence-corrected chi connectivity index (χ0v) is 11.9. The average molecular weight is 350 g/mol. The van der Waals surface area contributed by atoms with Crippen LogP contribution in [0, 0.1) is 18.2 Å². The van der Waals surface area contributed by atoms with Crippen molar-refractivity contribution in [2.45, 2.75) is 4.90 Å². The molecule has 0 aliphatic carbocycles. The van der Waals surface area contributed by atoms with Crippen LogP contribution in [-0.2, 0) is 14.8 Å². The lowest BCUT2D eigenvalue weighted by Gasteiger charge is -2.17. The second kappa shape index (κ2) is 6.14. The summed E-state index contributed by atoms with van der Waals surface area (Å²) < 4.78 is 38.2. The Morgan fingerprint density at radius 3 is 2.63 bits per heavy atom. The molecule has 5 nitrogen and oxygen atoms in total. The second-order valence-electron chi connectivity index (χ2n) is 3.45. The van der Waals surface area contributed by atoms with Crippen LogP contribution in [-0.4, -0.2) is 36.9 Å². The highest BCUT2D eigenvalue weighted by atomic mass is 79.9. The van der Waals surface area contributed by atoms with Crippen LogP contribution in [0.4, 0.5) is 4.39 Å². The van der Waals surface area contributed by atoms with Gasteiger partial charge < -0.3 is 5.11 Å². The minimum Gasteiger partial charge on any atom is -0.480 e. The Bertz CT molecular complexity index is 639. The Labute approximate surface area is 118 Å². The Morgan fingerprint density at radius 1 is 1.53 bits per heavy atom. The summed E-state index contributed by atoms with van der Waals surface area (Å²) in [6.45, 7) is -1.20. The van der Waals surface area contributed by atoms with Crippen molar-refractivity contribution in [2.75, 3.05) is 13.1 Å². The van der Waals surface area contributed by atoms with E-state index in [1.165, 1.54) is 6.07 Å². The average Bonchev–Trinajstić information content (AvgIpc) is 2.31. The van der Waals surface area contributed by atoms with E-state index in [0.717, 1.165) is 12.1 Å². The van der Waals surface area contributed by atoms with Crippen molar-refractivity contribution in [3.05, 3.63) is 28.5 Å². The lowest BCUT2D eigenvalue weighted by molar-refractivity contribution is -0.137. The number of hydrogen-bond donors (Lipinski definition) is 1. The number of rotatable bonds is 5. The summed E-state index contributed by atoms with van der Waals surface area (Å²) in [6, 6.07) is 3.18. The predicted octanol–water partition coefficient (Wildman–Crippen LogP) is 1.30. The molecule has 0 aromatic heterocycles. The Kier molecular flexibility index (Phi) is 5.05. The van der Waals surface area contributed by atoms with Crippen LogP contribution in [0.15, 0.2) is 27.6 Å². The quantitative estimate of drug-likeness (QED) is 0.813. The molecule has 1 rings (SSSR count). The normalized spacial score (nSPS) is 11.3. The van der Waals surface area contributed by atoms with Gasteiger partial charge in [0.15, 0.2) is 0 Å². The molecular formula is C11H9BrFNO4S. The van der Waals surface area contributed by atoms with Gasteiger partial charge in [-0.2, -0.15) is 4.31 Å². The van der Waals surface area contributed by atoms with Crippen molar-refractivity contribution in [1.29, 1.82) is 0 Å². The molecular weight excluding hydrogens is 341 g/mol. The molecule has 102 valence electrons.